The van der Waals surface area contributed by atoms with Crippen molar-refractivity contribution in [2.45, 2.75) is 25.0 Å². The molecule has 3 heterocycles. The fraction of sp³-hybridized carbons (Fsp3) is 0.391. The number of rotatable bonds is 6. The highest BCUT2D eigenvalue weighted by molar-refractivity contribution is 5.86. The van der Waals surface area contributed by atoms with Gasteiger partial charge in [-0.1, -0.05) is 60.7 Å². The quantitative estimate of drug-likeness (QED) is 0.786. The van der Waals surface area contributed by atoms with Gasteiger partial charge in [-0.3, -0.25) is 0 Å². The normalized spacial score (nSPS) is 25.0. The van der Waals surface area contributed by atoms with E-state index in [9.17, 15) is 14.7 Å². The summed E-state index contributed by atoms with van der Waals surface area (Å²) in [5, 5.41) is 13.2. The molecule has 1 amide bonds. The van der Waals surface area contributed by atoms with Crippen LogP contribution in [0, 0.1) is 11.8 Å². The van der Waals surface area contributed by atoms with Crippen LogP contribution in [0.4, 0.5) is 4.79 Å². The van der Waals surface area contributed by atoms with E-state index in [0.717, 1.165) is 31.5 Å². The number of carboxylic acids is 1. The summed E-state index contributed by atoms with van der Waals surface area (Å²) in [6, 6.07) is 18.4. The molecular formula is C23H26N2O4. The Bertz CT molecular complexity index is 850. The van der Waals surface area contributed by atoms with Gasteiger partial charge in [0.05, 0.1) is 0 Å². The summed E-state index contributed by atoms with van der Waals surface area (Å²) in [5.41, 5.74) is -0.0762. The average Bonchev–Trinajstić information content (AvgIpc) is 2.78. The number of carboxylic acid groups (broad SMARTS) is 1. The van der Waals surface area contributed by atoms with Crippen LogP contribution in [0.5, 0.6) is 0 Å². The molecule has 2 aromatic carbocycles. The number of nitrogens with one attached hydrogen (secondary N) is 1. The molecule has 0 saturated carbocycles. The number of hydrogen-bond donors (Lipinski definition) is 2. The van der Waals surface area contributed by atoms with E-state index < -0.39 is 17.6 Å². The smallest absolute Gasteiger partial charge is 0.408 e. The standard InChI is InChI=1S/C23H26N2O4/c26-21(27)23(19-9-5-2-6-10-19,20-15-25-13-11-18(20)12-14-25)24-22(28)29-16-17-7-3-1-4-8-17/h1-10,18,20H,11-16H2,(H,24,28)(H,26,27)/t20-,23-/m0/s1. The van der Waals surface area contributed by atoms with Crippen LogP contribution in [0.2, 0.25) is 0 Å². The molecule has 0 unspecified atom stereocenters. The van der Waals surface area contributed by atoms with Gasteiger partial charge in [-0.05, 0) is 43.0 Å². The van der Waals surface area contributed by atoms with Gasteiger partial charge in [0.2, 0.25) is 0 Å². The van der Waals surface area contributed by atoms with E-state index in [4.69, 9.17) is 4.74 Å². The predicted molar refractivity (Wildman–Crippen MR) is 108 cm³/mol. The number of carbonyl (C=O) groups is 2. The number of alkyl carbamates (subject to hydrolysis) is 1. The highest BCUT2D eigenvalue weighted by atomic mass is 16.5. The van der Waals surface area contributed by atoms with Crippen molar-refractivity contribution in [1.29, 1.82) is 0 Å². The maximum Gasteiger partial charge on any atom is 0.408 e. The lowest BCUT2D eigenvalue weighted by Gasteiger charge is -2.51. The minimum Gasteiger partial charge on any atom is -0.479 e. The van der Waals surface area contributed by atoms with Gasteiger partial charge < -0.3 is 20.1 Å². The van der Waals surface area contributed by atoms with E-state index >= 15 is 0 Å². The maximum atomic E-state index is 12.7. The Balaban J connectivity index is 1.62. The Morgan fingerprint density at radius 3 is 2.21 bits per heavy atom. The lowest BCUT2D eigenvalue weighted by atomic mass is 9.66. The number of piperidine rings is 3. The molecule has 0 aromatic heterocycles. The third-order valence-corrected chi connectivity index (χ3v) is 6.29. The Morgan fingerprint density at radius 2 is 1.66 bits per heavy atom. The molecule has 6 heteroatoms. The van der Waals surface area contributed by atoms with E-state index in [2.05, 4.69) is 10.2 Å². The second kappa shape index (κ2) is 8.25. The van der Waals surface area contributed by atoms with Crippen molar-refractivity contribution in [3.63, 3.8) is 0 Å². The largest absolute Gasteiger partial charge is 0.479 e. The molecule has 152 valence electrons. The first-order chi connectivity index (χ1) is 14.1. The summed E-state index contributed by atoms with van der Waals surface area (Å²) < 4.78 is 5.40. The highest BCUT2D eigenvalue weighted by Crippen LogP contribution is 2.43. The zero-order valence-corrected chi connectivity index (χ0v) is 16.3. The Morgan fingerprint density at radius 1 is 1.03 bits per heavy atom. The van der Waals surface area contributed by atoms with E-state index in [1.807, 2.05) is 48.5 Å². The molecule has 2 aromatic rings. The van der Waals surface area contributed by atoms with Crippen LogP contribution in [-0.4, -0.2) is 41.7 Å². The number of hydrogen-bond acceptors (Lipinski definition) is 4. The van der Waals surface area contributed by atoms with E-state index in [-0.39, 0.29) is 18.4 Å². The van der Waals surface area contributed by atoms with Crippen molar-refractivity contribution < 1.29 is 19.4 Å². The minimum absolute atomic E-state index is 0.0946. The number of ether oxygens (including phenoxy) is 1. The monoisotopic (exact) mass is 394 g/mol. The molecule has 0 aliphatic carbocycles. The van der Waals surface area contributed by atoms with Crippen LogP contribution in [0.3, 0.4) is 0 Å². The van der Waals surface area contributed by atoms with Gasteiger partial charge in [-0.25, -0.2) is 9.59 Å². The van der Waals surface area contributed by atoms with Gasteiger partial charge in [0, 0.05) is 12.5 Å². The first-order valence-corrected chi connectivity index (χ1v) is 10.1. The van der Waals surface area contributed by atoms with E-state index in [1.54, 1.807) is 12.1 Å². The molecule has 3 aliphatic heterocycles. The molecule has 2 N–H and O–H groups in total. The van der Waals surface area contributed by atoms with Crippen LogP contribution < -0.4 is 5.32 Å². The van der Waals surface area contributed by atoms with Gasteiger partial charge in [-0.2, -0.15) is 0 Å². The summed E-state index contributed by atoms with van der Waals surface area (Å²) >= 11 is 0. The van der Waals surface area contributed by atoms with Gasteiger partial charge in [0.1, 0.15) is 6.61 Å². The summed E-state index contributed by atoms with van der Waals surface area (Å²) in [7, 11) is 0. The van der Waals surface area contributed by atoms with Crippen molar-refractivity contribution in [3.8, 4) is 0 Å². The van der Waals surface area contributed by atoms with E-state index in [1.165, 1.54) is 0 Å². The molecule has 3 saturated heterocycles. The number of amides is 1. The highest BCUT2D eigenvalue weighted by Gasteiger charge is 2.54. The first kappa shape index (κ1) is 19.5. The Labute approximate surface area is 170 Å². The average molecular weight is 394 g/mol. The van der Waals surface area contributed by atoms with Crippen molar-refractivity contribution in [2.75, 3.05) is 19.6 Å². The van der Waals surface area contributed by atoms with Crippen LogP contribution >= 0.6 is 0 Å². The van der Waals surface area contributed by atoms with Gasteiger partial charge in [-0.15, -0.1) is 0 Å². The third kappa shape index (κ3) is 3.85. The fourth-order valence-corrected chi connectivity index (χ4v) is 4.79. The lowest BCUT2D eigenvalue weighted by molar-refractivity contribution is -0.152. The maximum absolute atomic E-state index is 12.7. The fourth-order valence-electron chi connectivity index (χ4n) is 4.79. The molecule has 2 atom stereocenters. The number of benzene rings is 2. The summed E-state index contributed by atoms with van der Waals surface area (Å²) in [6.45, 7) is 2.73. The topological polar surface area (TPSA) is 78.9 Å². The van der Waals surface area contributed by atoms with Gasteiger partial charge in [0.25, 0.3) is 0 Å². The molecule has 6 nitrogen and oxygen atoms in total. The summed E-state index contributed by atoms with van der Waals surface area (Å²) in [6.07, 6.45) is 1.19. The van der Waals surface area contributed by atoms with Crippen LogP contribution in [0.1, 0.15) is 24.0 Å². The van der Waals surface area contributed by atoms with Crippen molar-refractivity contribution in [1.82, 2.24) is 10.2 Å². The number of nitrogens with zero attached hydrogens (tertiary/aromatic N) is 1. The Kier molecular flexibility index (Phi) is 5.53. The second-order valence-electron chi connectivity index (χ2n) is 7.91. The molecule has 2 bridgehead atoms. The van der Waals surface area contributed by atoms with Crippen molar-refractivity contribution in [2.24, 2.45) is 11.8 Å². The number of aliphatic carboxylic acids is 1. The summed E-state index contributed by atoms with van der Waals surface area (Å²) in [5.74, 6) is -1.00. The Hall–Kier alpha value is -2.86. The molecule has 5 rings (SSSR count). The molecule has 3 aliphatic rings. The number of carbonyl (C=O) groups excluding carboxylic acids is 1. The number of fused-ring (bicyclic) bond motifs is 3. The molecule has 29 heavy (non-hydrogen) atoms. The van der Waals surface area contributed by atoms with Crippen LogP contribution in [0.25, 0.3) is 0 Å². The van der Waals surface area contributed by atoms with Crippen LogP contribution in [0.15, 0.2) is 60.7 Å². The third-order valence-electron chi connectivity index (χ3n) is 6.29. The van der Waals surface area contributed by atoms with Crippen LogP contribution in [-0.2, 0) is 21.7 Å². The lowest BCUT2D eigenvalue weighted by Crippen LogP contribution is -2.64. The predicted octanol–water partition coefficient (Wildman–Crippen LogP) is 3.23. The zero-order chi connectivity index (χ0) is 20.3. The first-order valence-electron chi connectivity index (χ1n) is 10.1. The molecule has 0 spiro atoms. The van der Waals surface area contributed by atoms with E-state index in [0.29, 0.717) is 12.1 Å². The van der Waals surface area contributed by atoms with Gasteiger partial charge in [0.15, 0.2) is 5.54 Å². The SMILES string of the molecule is O=C(N[C@@](C(=O)O)(c1ccccc1)[C@H]1CN2CCC1CC2)OCc1ccccc1. The van der Waals surface area contributed by atoms with Gasteiger partial charge >= 0.3 is 12.1 Å². The second-order valence-corrected chi connectivity index (χ2v) is 7.91. The van der Waals surface area contributed by atoms with Crippen molar-refractivity contribution in [3.05, 3.63) is 71.8 Å². The zero-order valence-electron chi connectivity index (χ0n) is 16.3. The minimum atomic E-state index is -1.52. The molecular weight excluding hydrogens is 368 g/mol. The molecule has 0 radical (unpaired) electrons. The molecule has 3 fully saturated rings. The van der Waals surface area contributed by atoms with Crippen molar-refractivity contribution >= 4 is 12.1 Å². The summed E-state index contributed by atoms with van der Waals surface area (Å²) in [4.78, 5) is 27.8.